The van der Waals surface area contributed by atoms with Gasteiger partial charge in [0.15, 0.2) is 0 Å². The monoisotopic (exact) mass is 388 g/mol. The number of anilines is 2. The van der Waals surface area contributed by atoms with E-state index in [1.807, 2.05) is 12.1 Å². The molecule has 0 saturated carbocycles. The number of carbonyl (C=O) groups is 2. The van der Waals surface area contributed by atoms with E-state index in [-0.39, 0.29) is 17.9 Å². The summed E-state index contributed by atoms with van der Waals surface area (Å²) in [4.78, 5) is 24.2. The molecule has 6 heteroatoms. The van der Waals surface area contributed by atoms with Crippen molar-refractivity contribution in [3.05, 3.63) is 58.6 Å². The second-order valence-corrected chi connectivity index (χ2v) is 6.45. The number of amides is 2. The van der Waals surface area contributed by atoms with E-state index in [1.54, 1.807) is 36.4 Å². The number of carbonyl (C=O) groups excluding carboxylic acids is 2. The Kier molecular flexibility index (Phi) is 5.27. The molecule has 0 radical (unpaired) electrons. The fourth-order valence-corrected chi connectivity index (χ4v) is 2.88. The predicted molar refractivity (Wildman–Crippen MR) is 96.1 cm³/mol. The van der Waals surface area contributed by atoms with Crippen molar-refractivity contribution in [3.63, 3.8) is 0 Å². The molecule has 1 aliphatic rings. The van der Waals surface area contributed by atoms with E-state index in [4.69, 9.17) is 4.74 Å². The average Bonchev–Trinajstić information content (AvgIpc) is 3.11. The zero-order valence-corrected chi connectivity index (χ0v) is 14.5. The maximum absolute atomic E-state index is 12.2. The van der Waals surface area contributed by atoms with Crippen LogP contribution in [0, 0.1) is 0 Å². The minimum Gasteiger partial charge on any atom is -0.368 e. The Hall–Kier alpha value is -2.18. The predicted octanol–water partition coefficient (Wildman–Crippen LogP) is 3.82. The Balaban J connectivity index is 1.60. The van der Waals surface area contributed by atoms with E-state index in [9.17, 15) is 9.59 Å². The average molecular weight is 389 g/mol. The van der Waals surface area contributed by atoms with E-state index >= 15 is 0 Å². The lowest BCUT2D eigenvalue weighted by Gasteiger charge is -2.11. The van der Waals surface area contributed by atoms with Gasteiger partial charge in [-0.2, -0.15) is 0 Å². The second kappa shape index (κ2) is 7.59. The normalized spacial score (nSPS) is 16.6. The van der Waals surface area contributed by atoms with Gasteiger partial charge in [-0.05, 0) is 55.3 Å². The standard InChI is InChI=1S/C18H17BrN2O3/c19-13-4-1-3-12(11-13)17(22)20-14-6-8-15(9-7-14)21-18(23)16-5-2-10-24-16/h1,3-4,6-9,11,16H,2,5,10H2,(H,20,22)(H,21,23). The molecule has 2 amide bonds. The maximum atomic E-state index is 12.2. The molecule has 1 saturated heterocycles. The summed E-state index contributed by atoms with van der Waals surface area (Å²) >= 11 is 3.35. The lowest BCUT2D eigenvalue weighted by Crippen LogP contribution is -2.26. The first-order valence-electron chi connectivity index (χ1n) is 7.71. The van der Waals surface area contributed by atoms with Crippen molar-refractivity contribution in [2.75, 3.05) is 17.2 Å². The quantitative estimate of drug-likeness (QED) is 0.836. The minimum absolute atomic E-state index is 0.126. The van der Waals surface area contributed by atoms with Crippen LogP contribution in [0.3, 0.4) is 0 Å². The van der Waals surface area contributed by atoms with Crippen LogP contribution in [-0.2, 0) is 9.53 Å². The van der Waals surface area contributed by atoms with Crippen molar-refractivity contribution >= 4 is 39.1 Å². The number of hydrogen-bond donors (Lipinski definition) is 2. The highest BCUT2D eigenvalue weighted by Crippen LogP contribution is 2.18. The highest BCUT2D eigenvalue weighted by molar-refractivity contribution is 9.10. The van der Waals surface area contributed by atoms with Crippen molar-refractivity contribution in [2.45, 2.75) is 18.9 Å². The highest BCUT2D eigenvalue weighted by Gasteiger charge is 2.23. The van der Waals surface area contributed by atoms with Gasteiger partial charge < -0.3 is 15.4 Å². The third-order valence-electron chi connectivity index (χ3n) is 3.72. The summed E-state index contributed by atoms with van der Waals surface area (Å²) < 4.78 is 6.20. The number of benzene rings is 2. The third-order valence-corrected chi connectivity index (χ3v) is 4.21. The van der Waals surface area contributed by atoms with E-state index in [1.165, 1.54) is 0 Å². The summed E-state index contributed by atoms with van der Waals surface area (Å²) in [6.45, 7) is 0.638. The first-order chi connectivity index (χ1) is 11.6. The number of ether oxygens (including phenoxy) is 1. The van der Waals surface area contributed by atoms with Crippen molar-refractivity contribution in [1.29, 1.82) is 0 Å². The van der Waals surface area contributed by atoms with E-state index in [0.29, 0.717) is 23.5 Å². The zero-order valence-electron chi connectivity index (χ0n) is 12.9. The lowest BCUT2D eigenvalue weighted by atomic mass is 10.2. The Bertz CT molecular complexity index is 740. The second-order valence-electron chi connectivity index (χ2n) is 5.53. The van der Waals surface area contributed by atoms with Gasteiger partial charge in [-0.25, -0.2) is 0 Å². The molecule has 0 bridgehead atoms. The van der Waals surface area contributed by atoms with Gasteiger partial charge in [-0.1, -0.05) is 22.0 Å². The van der Waals surface area contributed by atoms with Crippen LogP contribution in [0.25, 0.3) is 0 Å². The van der Waals surface area contributed by atoms with Crippen LogP contribution >= 0.6 is 15.9 Å². The maximum Gasteiger partial charge on any atom is 0.255 e. The first kappa shape index (κ1) is 16.7. The van der Waals surface area contributed by atoms with Crippen molar-refractivity contribution < 1.29 is 14.3 Å². The summed E-state index contributed by atoms with van der Waals surface area (Å²) in [6, 6.07) is 14.2. The fourth-order valence-electron chi connectivity index (χ4n) is 2.48. The largest absolute Gasteiger partial charge is 0.368 e. The molecule has 124 valence electrons. The third kappa shape index (κ3) is 4.21. The summed E-state index contributed by atoms with van der Waals surface area (Å²) in [5.41, 5.74) is 1.91. The molecule has 2 aromatic carbocycles. The topological polar surface area (TPSA) is 67.4 Å². The van der Waals surface area contributed by atoms with Crippen LogP contribution in [0.5, 0.6) is 0 Å². The molecule has 1 aliphatic heterocycles. The van der Waals surface area contributed by atoms with Gasteiger partial charge in [0.1, 0.15) is 6.10 Å². The Morgan fingerprint density at radius 3 is 2.38 bits per heavy atom. The molecule has 3 rings (SSSR count). The number of halogens is 1. The molecule has 24 heavy (non-hydrogen) atoms. The molecular formula is C18H17BrN2O3. The van der Waals surface area contributed by atoms with Gasteiger partial charge in [0.25, 0.3) is 11.8 Å². The van der Waals surface area contributed by atoms with Crippen LogP contribution in [0.1, 0.15) is 23.2 Å². The summed E-state index contributed by atoms with van der Waals surface area (Å²) in [5.74, 6) is -0.314. The lowest BCUT2D eigenvalue weighted by molar-refractivity contribution is -0.124. The minimum atomic E-state index is -0.360. The van der Waals surface area contributed by atoms with Crippen LogP contribution in [0.15, 0.2) is 53.0 Å². The van der Waals surface area contributed by atoms with Crippen LogP contribution in [0.2, 0.25) is 0 Å². The highest BCUT2D eigenvalue weighted by atomic mass is 79.9. The molecule has 2 N–H and O–H groups in total. The van der Waals surface area contributed by atoms with Crippen LogP contribution in [-0.4, -0.2) is 24.5 Å². The van der Waals surface area contributed by atoms with Gasteiger partial charge in [-0.3, -0.25) is 9.59 Å². The fraction of sp³-hybridized carbons (Fsp3) is 0.222. The molecule has 0 spiro atoms. The molecule has 1 fully saturated rings. The molecular weight excluding hydrogens is 372 g/mol. The first-order valence-corrected chi connectivity index (χ1v) is 8.50. The molecule has 2 aromatic rings. The van der Waals surface area contributed by atoms with Crippen molar-refractivity contribution in [3.8, 4) is 0 Å². The molecule has 1 heterocycles. The molecule has 1 unspecified atom stereocenters. The summed E-state index contributed by atoms with van der Waals surface area (Å²) in [6.07, 6.45) is 1.31. The molecule has 0 aliphatic carbocycles. The van der Waals surface area contributed by atoms with Gasteiger partial charge in [0.05, 0.1) is 0 Å². The number of nitrogens with one attached hydrogen (secondary N) is 2. The van der Waals surface area contributed by atoms with Gasteiger partial charge in [0.2, 0.25) is 0 Å². The van der Waals surface area contributed by atoms with Gasteiger partial charge in [0, 0.05) is 28.0 Å². The number of hydrogen-bond acceptors (Lipinski definition) is 3. The van der Waals surface area contributed by atoms with Gasteiger partial charge >= 0.3 is 0 Å². The van der Waals surface area contributed by atoms with E-state index < -0.39 is 0 Å². The molecule has 0 aromatic heterocycles. The molecule has 5 nitrogen and oxygen atoms in total. The summed E-state index contributed by atoms with van der Waals surface area (Å²) in [5, 5.41) is 5.64. The Morgan fingerprint density at radius 1 is 1.04 bits per heavy atom. The van der Waals surface area contributed by atoms with Crippen LogP contribution in [0.4, 0.5) is 11.4 Å². The Labute approximate surface area is 148 Å². The SMILES string of the molecule is O=C(Nc1ccc(NC(=O)C2CCCO2)cc1)c1cccc(Br)c1. The van der Waals surface area contributed by atoms with Crippen molar-refractivity contribution in [2.24, 2.45) is 0 Å². The smallest absolute Gasteiger partial charge is 0.255 e. The Morgan fingerprint density at radius 2 is 1.75 bits per heavy atom. The van der Waals surface area contributed by atoms with E-state index in [0.717, 1.165) is 17.3 Å². The van der Waals surface area contributed by atoms with E-state index in [2.05, 4.69) is 26.6 Å². The van der Waals surface area contributed by atoms with Crippen molar-refractivity contribution in [1.82, 2.24) is 0 Å². The number of rotatable bonds is 4. The molecule has 1 atom stereocenters. The van der Waals surface area contributed by atoms with Gasteiger partial charge in [-0.15, -0.1) is 0 Å². The summed E-state index contributed by atoms with van der Waals surface area (Å²) in [7, 11) is 0. The van der Waals surface area contributed by atoms with Crippen LogP contribution < -0.4 is 10.6 Å². The zero-order chi connectivity index (χ0) is 16.9.